The van der Waals surface area contributed by atoms with E-state index in [1.54, 1.807) is 24.3 Å². The first-order valence-electron chi connectivity index (χ1n) is 9.41. The summed E-state index contributed by atoms with van der Waals surface area (Å²) in [5.41, 5.74) is 2.13. The topological polar surface area (TPSA) is 88.6 Å². The van der Waals surface area contributed by atoms with Crippen LogP contribution >= 0.6 is 23.1 Å². The molecule has 0 atom stereocenters. The van der Waals surface area contributed by atoms with E-state index < -0.39 is 10.0 Å². The number of amides is 1. The number of hydrogen-bond acceptors (Lipinski definition) is 7. The number of carbonyl (C=O) groups is 1. The standard InChI is InChI=1S/C21H23N3O4S3/c1-4-28-17-9-11-18(12-10-17)29-14-20(25)23-21-22-19(13-30-21)15-5-7-16(8-6-15)24(2)31(3,26)27/h5-13H,4,14H2,1-3H3,(H,22,23,25). The zero-order valence-electron chi connectivity index (χ0n) is 17.4. The number of rotatable bonds is 9. The highest BCUT2D eigenvalue weighted by molar-refractivity contribution is 8.00. The molecule has 0 saturated heterocycles. The maximum absolute atomic E-state index is 12.3. The van der Waals surface area contributed by atoms with Crippen molar-refractivity contribution >= 4 is 49.8 Å². The summed E-state index contributed by atoms with van der Waals surface area (Å²) in [6.45, 7) is 2.55. The Kier molecular flexibility index (Phi) is 7.58. The van der Waals surface area contributed by atoms with Gasteiger partial charge in [-0.3, -0.25) is 9.10 Å². The Balaban J connectivity index is 1.56. The summed E-state index contributed by atoms with van der Waals surface area (Å²) in [6, 6.07) is 14.7. The molecule has 10 heteroatoms. The summed E-state index contributed by atoms with van der Waals surface area (Å²) in [5.74, 6) is 0.947. The van der Waals surface area contributed by atoms with Crippen LogP contribution in [0.3, 0.4) is 0 Å². The van der Waals surface area contributed by atoms with E-state index in [0.29, 0.717) is 23.1 Å². The fourth-order valence-corrected chi connectivity index (χ4v) is 4.54. The van der Waals surface area contributed by atoms with Crippen molar-refractivity contribution < 1.29 is 17.9 Å². The summed E-state index contributed by atoms with van der Waals surface area (Å²) in [6.07, 6.45) is 1.16. The van der Waals surface area contributed by atoms with E-state index in [9.17, 15) is 13.2 Å². The van der Waals surface area contributed by atoms with E-state index in [-0.39, 0.29) is 11.7 Å². The predicted molar refractivity (Wildman–Crippen MR) is 128 cm³/mol. The van der Waals surface area contributed by atoms with Gasteiger partial charge in [0.25, 0.3) is 0 Å². The van der Waals surface area contributed by atoms with Crippen molar-refractivity contribution in [2.75, 3.05) is 35.3 Å². The van der Waals surface area contributed by atoms with Gasteiger partial charge in [-0.15, -0.1) is 23.1 Å². The van der Waals surface area contributed by atoms with Gasteiger partial charge in [0.05, 0.1) is 30.0 Å². The van der Waals surface area contributed by atoms with Crippen molar-refractivity contribution in [2.24, 2.45) is 0 Å². The number of sulfonamides is 1. The van der Waals surface area contributed by atoms with Crippen LogP contribution in [-0.2, 0) is 14.8 Å². The van der Waals surface area contributed by atoms with Crippen molar-refractivity contribution in [1.82, 2.24) is 4.98 Å². The molecule has 0 radical (unpaired) electrons. The Labute approximate surface area is 190 Å². The van der Waals surface area contributed by atoms with Gasteiger partial charge in [0.15, 0.2) is 5.13 Å². The molecule has 1 amide bonds. The Morgan fingerprint density at radius 3 is 2.45 bits per heavy atom. The van der Waals surface area contributed by atoms with Crippen LogP contribution in [0.25, 0.3) is 11.3 Å². The number of thiazole rings is 1. The molecular formula is C21H23N3O4S3. The van der Waals surface area contributed by atoms with Gasteiger partial charge < -0.3 is 10.1 Å². The first kappa shape index (κ1) is 23.1. The SMILES string of the molecule is CCOc1ccc(SCC(=O)Nc2nc(-c3ccc(N(C)S(C)(=O)=O)cc3)cs2)cc1. The molecule has 31 heavy (non-hydrogen) atoms. The zero-order valence-corrected chi connectivity index (χ0v) is 19.8. The average molecular weight is 478 g/mol. The minimum absolute atomic E-state index is 0.134. The molecule has 0 saturated carbocycles. The van der Waals surface area contributed by atoms with Gasteiger partial charge in [0.2, 0.25) is 15.9 Å². The molecule has 3 rings (SSSR count). The highest BCUT2D eigenvalue weighted by Crippen LogP contribution is 2.28. The van der Waals surface area contributed by atoms with Crippen molar-refractivity contribution in [3.8, 4) is 17.0 Å². The molecule has 0 unspecified atom stereocenters. The zero-order chi connectivity index (χ0) is 22.4. The van der Waals surface area contributed by atoms with Gasteiger partial charge in [-0.05, 0) is 43.3 Å². The fraction of sp³-hybridized carbons (Fsp3) is 0.238. The summed E-state index contributed by atoms with van der Waals surface area (Å²) in [5, 5.41) is 5.19. The molecule has 0 aliphatic heterocycles. The van der Waals surface area contributed by atoms with Crippen LogP contribution in [0.4, 0.5) is 10.8 Å². The number of ether oxygens (including phenoxy) is 1. The van der Waals surface area contributed by atoms with Gasteiger partial charge in [-0.25, -0.2) is 13.4 Å². The lowest BCUT2D eigenvalue weighted by molar-refractivity contribution is -0.113. The van der Waals surface area contributed by atoms with Gasteiger partial charge in [0.1, 0.15) is 5.75 Å². The van der Waals surface area contributed by atoms with Crippen LogP contribution in [0, 0.1) is 0 Å². The molecule has 2 aromatic carbocycles. The van der Waals surface area contributed by atoms with Gasteiger partial charge in [-0.2, -0.15) is 0 Å². The van der Waals surface area contributed by atoms with Crippen LogP contribution in [0.5, 0.6) is 5.75 Å². The normalized spacial score (nSPS) is 11.2. The summed E-state index contributed by atoms with van der Waals surface area (Å²) >= 11 is 2.78. The van der Waals surface area contributed by atoms with Crippen LogP contribution in [0.15, 0.2) is 58.8 Å². The number of anilines is 2. The van der Waals surface area contributed by atoms with E-state index in [1.165, 1.54) is 34.5 Å². The molecule has 0 spiro atoms. The Morgan fingerprint density at radius 1 is 1.16 bits per heavy atom. The van der Waals surface area contributed by atoms with E-state index in [0.717, 1.165) is 22.5 Å². The highest BCUT2D eigenvalue weighted by atomic mass is 32.2. The molecule has 3 aromatic rings. The number of nitrogens with zero attached hydrogens (tertiary/aromatic N) is 2. The molecule has 0 bridgehead atoms. The van der Waals surface area contributed by atoms with Crippen LogP contribution in [0.2, 0.25) is 0 Å². The lowest BCUT2D eigenvalue weighted by Crippen LogP contribution is -2.24. The number of aromatic nitrogens is 1. The number of carbonyl (C=O) groups excluding carboxylic acids is 1. The van der Waals surface area contributed by atoms with E-state index >= 15 is 0 Å². The maximum atomic E-state index is 12.3. The second kappa shape index (κ2) is 10.2. The maximum Gasteiger partial charge on any atom is 0.236 e. The van der Waals surface area contributed by atoms with E-state index in [2.05, 4.69) is 10.3 Å². The Hall–Kier alpha value is -2.56. The quantitative estimate of drug-likeness (QED) is 0.462. The lowest BCUT2D eigenvalue weighted by atomic mass is 10.1. The average Bonchev–Trinajstić information content (AvgIpc) is 3.21. The number of thioether (sulfide) groups is 1. The molecule has 1 N–H and O–H groups in total. The minimum atomic E-state index is -3.31. The monoisotopic (exact) mass is 477 g/mol. The third kappa shape index (κ3) is 6.46. The predicted octanol–water partition coefficient (Wildman–Crippen LogP) is 4.34. The molecule has 7 nitrogen and oxygen atoms in total. The summed E-state index contributed by atoms with van der Waals surface area (Å²) in [7, 11) is -1.80. The van der Waals surface area contributed by atoms with E-state index in [1.807, 2.05) is 36.6 Å². The third-order valence-corrected chi connectivity index (χ3v) is 7.25. The highest BCUT2D eigenvalue weighted by Gasteiger charge is 2.13. The molecule has 0 aliphatic rings. The van der Waals surface area contributed by atoms with Gasteiger partial charge in [0, 0.05) is 22.9 Å². The summed E-state index contributed by atoms with van der Waals surface area (Å²) < 4.78 is 29.9. The Bertz CT molecular complexity index is 1130. The first-order valence-corrected chi connectivity index (χ1v) is 13.1. The lowest BCUT2D eigenvalue weighted by Gasteiger charge is -2.16. The second-order valence-corrected chi connectivity index (χ2v) is 10.5. The number of benzene rings is 2. The fourth-order valence-electron chi connectivity index (χ4n) is 2.60. The summed E-state index contributed by atoms with van der Waals surface area (Å²) in [4.78, 5) is 17.7. The molecule has 0 fully saturated rings. The van der Waals surface area contributed by atoms with Crippen LogP contribution in [0.1, 0.15) is 6.92 Å². The molecule has 1 heterocycles. The third-order valence-electron chi connectivity index (χ3n) is 4.28. The molecule has 1 aromatic heterocycles. The van der Waals surface area contributed by atoms with Gasteiger partial charge >= 0.3 is 0 Å². The van der Waals surface area contributed by atoms with Crippen LogP contribution < -0.4 is 14.4 Å². The largest absolute Gasteiger partial charge is 0.494 e. The van der Waals surface area contributed by atoms with E-state index in [4.69, 9.17) is 4.74 Å². The van der Waals surface area contributed by atoms with Crippen LogP contribution in [-0.4, -0.2) is 45.0 Å². The molecular weight excluding hydrogens is 454 g/mol. The second-order valence-electron chi connectivity index (χ2n) is 6.56. The van der Waals surface area contributed by atoms with Crippen molar-refractivity contribution in [3.05, 3.63) is 53.9 Å². The number of nitrogens with one attached hydrogen (secondary N) is 1. The van der Waals surface area contributed by atoms with Crippen molar-refractivity contribution in [3.63, 3.8) is 0 Å². The van der Waals surface area contributed by atoms with Gasteiger partial charge in [-0.1, -0.05) is 12.1 Å². The minimum Gasteiger partial charge on any atom is -0.494 e. The first-order chi connectivity index (χ1) is 14.8. The molecule has 0 aliphatic carbocycles. The van der Waals surface area contributed by atoms with Crippen molar-refractivity contribution in [2.45, 2.75) is 11.8 Å². The van der Waals surface area contributed by atoms with Crippen molar-refractivity contribution in [1.29, 1.82) is 0 Å². The smallest absolute Gasteiger partial charge is 0.236 e. The number of hydrogen-bond donors (Lipinski definition) is 1. The Morgan fingerprint density at radius 2 is 1.84 bits per heavy atom. The molecule has 164 valence electrons.